The molecule has 1 aliphatic carbocycles. The Bertz CT molecular complexity index is 797. The molecule has 4 rings (SSSR count). The molecule has 1 amide bonds. The van der Waals surface area contributed by atoms with Crippen molar-refractivity contribution in [3.05, 3.63) is 35.4 Å². The molecule has 166 valence electrons. The van der Waals surface area contributed by atoms with Crippen LogP contribution in [0.5, 0.6) is 0 Å². The van der Waals surface area contributed by atoms with E-state index in [1.54, 1.807) is 0 Å². The van der Waals surface area contributed by atoms with Crippen LogP contribution in [0.1, 0.15) is 31.2 Å². The summed E-state index contributed by atoms with van der Waals surface area (Å²) >= 11 is 0. The number of carboxylic acid groups (broad SMARTS) is 1. The number of hydrogen-bond acceptors (Lipinski definition) is 3. The van der Waals surface area contributed by atoms with Gasteiger partial charge in [0.05, 0.1) is 6.42 Å². The van der Waals surface area contributed by atoms with Gasteiger partial charge in [0.25, 0.3) is 0 Å². The molecule has 2 saturated heterocycles. The molecule has 2 aliphatic heterocycles. The van der Waals surface area contributed by atoms with Crippen LogP contribution < -0.4 is 0 Å². The van der Waals surface area contributed by atoms with Crippen molar-refractivity contribution in [3.8, 4) is 0 Å². The number of benzene rings is 1. The predicted molar refractivity (Wildman–Crippen MR) is 96.6 cm³/mol. The van der Waals surface area contributed by atoms with Gasteiger partial charge in [-0.15, -0.1) is 0 Å². The number of fused-ring (bicyclic) bond motifs is 1. The Hall–Kier alpha value is -2.23. The van der Waals surface area contributed by atoms with Crippen molar-refractivity contribution in [2.24, 2.45) is 5.92 Å². The van der Waals surface area contributed by atoms with E-state index in [0.29, 0.717) is 6.04 Å². The second kappa shape index (κ2) is 8.87. The molecule has 0 radical (unpaired) electrons. The summed E-state index contributed by atoms with van der Waals surface area (Å²) in [7, 11) is 0. The van der Waals surface area contributed by atoms with Crippen LogP contribution >= 0.6 is 0 Å². The first-order chi connectivity index (χ1) is 14.1. The molecule has 3 aliphatic rings. The topological polar surface area (TPSA) is 60.9 Å². The van der Waals surface area contributed by atoms with E-state index < -0.39 is 23.8 Å². The fraction of sp³-hybridized carbons (Fsp3) is 0.600. The van der Waals surface area contributed by atoms with Crippen molar-refractivity contribution >= 4 is 11.9 Å². The number of aliphatic carboxylic acids is 1. The Morgan fingerprint density at radius 3 is 2.27 bits per heavy atom. The lowest BCUT2D eigenvalue weighted by molar-refractivity contribution is -0.192. The molecule has 0 bridgehead atoms. The number of nitrogens with zero attached hydrogens (tertiary/aromatic N) is 2. The lowest BCUT2D eigenvalue weighted by atomic mass is 10.1. The van der Waals surface area contributed by atoms with E-state index in [0.717, 1.165) is 37.9 Å². The van der Waals surface area contributed by atoms with E-state index in [4.69, 9.17) is 9.90 Å². The Kier molecular flexibility index (Phi) is 6.64. The van der Waals surface area contributed by atoms with E-state index in [9.17, 15) is 26.7 Å². The van der Waals surface area contributed by atoms with Crippen LogP contribution in [0.15, 0.2) is 18.2 Å². The molecule has 0 unspecified atom stereocenters. The Morgan fingerprint density at radius 2 is 1.67 bits per heavy atom. The highest BCUT2D eigenvalue weighted by atomic mass is 19.4. The van der Waals surface area contributed by atoms with Gasteiger partial charge in [0.15, 0.2) is 11.6 Å². The van der Waals surface area contributed by atoms with Crippen molar-refractivity contribution in [1.29, 1.82) is 0 Å². The van der Waals surface area contributed by atoms with Gasteiger partial charge in [0.1, 0.15) is 0 Å². The SMILES string of the molecule is O=C(Cc1cccc(F)c1F)N1CC[C@H]2[C@H]1CCN2CC1CC1.O=C(O)C(F)(F)F. The molecule has 10 heteroatoms. The number of alkyl halides is 3. The average molecular weight is 434 g/mol. The highest BCUT2D eigenvalue weighted by Gasteiger charge is 2.45. The van der Waals surface area contributed by atoms with Crippen LogP contribution in [0.2, 0.25) is 0 Å². The fourth-order valence-corrected chi connectivity index (χ4v) is 4.19. The molecule has 1 N–H and O–H groups in total. The van der Waals surface area contributed by atoms with Crippen molar-refractivity contribution in [3.63, 3.8) is 0 Å². The highest BCUT2D eigenvalue weighted by Crippen LogP contribution is 2.37. The summed E-state index contributed by atoms with van der Waals surface area (Å²) in [4.78, 5) is 25.9. The summed E-state index contributed by atoms with van der Waals surface area (Å²) < 4.78 is 58.8. The van der Waals surface area contributed by atoms with Crippen molar-refractivity contribution < 1.29 is 36.6 Å². The summed E-state index contributed by atoms with van der Waals surface area (Å²) in [6, 6.07) is 4.77. The lowest BCUT2D eigenvalue weighted by Crippen LogP contribution is -2.40. The predicted octanol–water partition coefficient (Wildman–Crippen LogP) is 3.23. The Balaban J connectivity index is 0.000000318. The van der Waals surface area contributed by atoms with Crippen molar-refractivity contribution in [2.45, 2.75) is 50.4 Å². The second-order valence-corrected chi connectivity index (χ2v) is 7.93. The first-order valence-corrected chi connectivity index (χ1v) is 9.84. The molecule has 30 heavy (non-hydrogen) atoms. The monoisotopic (exact) mass is 434 g/mol. The van der Waals surface area contributed by atoms with Crippen molar-refractivity contribution in [2.75, 3.05) is 19.6 Å². The number of likely N-dealkylation sites (tertiary alicyclic amines) is 2. The van der Waals surface area contributed by atoms with Crippen LogP contribution in [-0.2, 0) is 16.0 Å². The fourth-order valence-electron chi connectivity index (χ4n) is 4.19. The van der Waals surface area contributed by atoms with Gasteiger partial charge in [-0.25, -0.2) is 13.6 Å². The van der Waals surface area contributed by atoms with Gasteiger partial charge in [0, 0.05) is 37.3 Å². The first kappa shape index (κ1) is 22.5. The third kappa shape index (κ3) is 5.27. The van der Waals surface area contributed by atoms with Crippen molar-refractivity contribution in [1.82, 2.24) is 9.80 Å². The normalized spacial score (nSPS) is 23.7. The number of halogens is 5. The van der Waals surface area contributed by atoms with E-state index in [-0.39, 0.29) is 23.9 Å². The minimum atomic E-state index is -5.08. The minimum absolute atomic E-state index is 0.0462. The smallest absolute Gasteiger partial charge is 0.475 e. The van der Waals surface area contributed by atoms with Gasteiger partial charge in [-0.05, 0) is 37.7 Å². The number of amides is 1. The molecule has 2 heterocycles. The molecular formula is C20H23F5N2O3. The zero-order valence-corrected chi connectivity index (χ0v) is 16.2. The van der Waals surface area contributed by atoms with E-state index in [1.165, 1.54) is 31.5 Å². The van der Waals surface area contributed by atoms with Crippen LogP contribution in [0.4, 0.5) is 22.0 Å². The zero-order chi connectivity index (χ0) is 22.1. The maximum absolute atomic E-state index is 13.8. The molecule has 2 atom stereocenters. The third-order valence-corrected chi connectivity index (χ3v) is 5.82. The summed E-state index contributed by atoms with van der Waals surface area (Å²) in [6.45, 7) is 2.97. The first-order valence-electron chi connectivity index (χ1n) is 9.84. The number of hydrogen-bond donors (Lipinski definition) is 1. The van der Waals surface area contributed by atoms with Gasteiger partial charge >= 0.3 is 12.1 Å². The van der Waals surface area contributed by atoms with Gasteiger partial charge in [-0.3, -0.25) is 9.69 Å². The van der Waals surface area contributed by atoms with E-state index in [1.807, 2.05) is 4.90 Å². The summed E-state index contributed by atoms with van der Waals surface area (Å²) in [6.07, 6.45) is -0.427. The minimum Gasteiger partial charge on any atom is -0.475 e. The largest absolute Gasteiger partial charge is 0.490 e. The molecular weight excluding hydrogens is 411 g/mol. The van der Waals surface area contributed by atoms with E-state index >= 15 is 0 Å². The third-order valence-electron chi connectivity index (χ3n) is 5.82. The standard InChI is InChI=1S/C18H22F2N2O.C2HF3O2/c19-14-3-1-2-13(18(14)20)10-17(23)22-9-7-15-16(22)6-8-21(15)11-12-4-5-12;3-2(4,5)1(6)7/h1-3,12,15-16H,4-11H2;(H,6,7)/t15-,16+;/m0./s1. The van der Waals surface area contributed by atoms with E-state index in [2.05, 4.69) is 4.90 Å². The Morgan fingerprint density at radius 1 is 1.03 bits per heavy atom. The number of rotatable bonds is 4. The molecule has 3 fully saturated rings. The quantitative estimate of drug-likeness (QED) is 0.740. The van der Waals surface area contributed by atoms with Gasteiger partial charge in [-0.1, -0.05) is 12.1 Å². The van der Waals surface area contributed by atoms with Gasteiger partial charge in [0.2, 0.25) is 5.91 Å². The van der Waals surface area contributed by atoms with Crippen LogP contribution in [0.25, 0.3) is 0 Å². The molecule has 0 spiro atoms. The maximum Gasteiger partial charge on any atom is 0.490 e. The second-order valence-electron chi connectivity index (χ2n) is 7.93. The van der Waals surface area contributed by atoms with Crippen LogP contribution in [-0.4, -0.2) is 64.7 Å². The highest BCUT2D eigenvalue weighted by molar-refractivity contribution is 5.79. The number of carboxylic acids is 1. The lowest BCUT2D eigenvalue weighted by Gasteiger charge is -2.25. The molecule has 0 aromatic heterocycles. The number of carbonyl (C=O) groups excluding carboxylic acids is 1. The van der Waals surface area contributed by atoms with Crippen LogP contribution in [0, 0.1) is 17.6 Å². The van der Waals surface area contributed by atoms with Gasteiger partial charge in [-0.2, -0.15) is 13.2 Å². The molecule has 1 saturated carbocycles. The average Bonchev–Trinajstić information content (AvgIpc) is 3.24. The summed E-state index contributed by atoms with van der Waals surface area (Å²) in [5.74, 6) is -3.74. The number of carbonyl (C=O) groups is 2. The molecule has 1 aromatic rings. The van der Waals surface area contributed by atoms with Crippen LogP contribution in [0.3, 0.4) is 0 Å². The summed E-state index contributed by atoms with van der Waals surface area (Å²) in [5, 5.41) is 7.12. The van der Waals surface area contributed by atoms with Gasteiger partial charge < -0.3 is 10.0 Å². The zero-order valence-electron chi connectivity index (χ0n) is 16.2. The maximum atomic E-state index is 13.8. The summed E-state index contributed by atoms with van der Waals surface area (Å²) in [5.41, 5.74) is 0.159. The molecule has 1 aromatic carbocycles. The Labute approximate surface area is 170 Å². The molecule has 5 nitrogen and oxygen atoms in total.